The second kappa shape index (κ2) is 7.04. The molecule has 3 aromatic heterocycles. The number of imidazole rings is 1. The van der Waals surface area contributed by atoms with Crippen LogP contribution in [0.1, 0.15) is 75.5 Å². The number of anilines is 1. The Morgan fingerprint density at radius 2 is 1.97 bits per heavy atom. The molecule has 4 heterocycles. The molecule has 6 rings (SSSR count). The third-order valence-corrected chi connectivity index (χ3v) is 6.78. The molecule has 0 saturated heterocycles. The van der Waals surface area contributed by atoms with Crippen molar-refractivity contribution in [2.45, 2.75) is 69.9 Å². The molecule has 0 N–H and O–H groups in total. The molecule has 0 amide bonds. The van der Waals surface area contributed by atoms with E-state index in [0.29, 0.717) is 17.9 Å². The van der Waals surface area contributed by atoms with Gasteiger partial charge < -0.3 is 4.90 Å². The molecule has 0 bridgehead atoms. The average Bonchev–Trinajstić information content (AvgIpc) is 3.57. The lowest BCUT2D eigenvalue weighted by molar-refractivity contribution is 0.468. The van der Waals surface area contributed by atoms with Crippen LogP contribution in [0, 0.1) is 0 Å². The van der Waals surface area contributed by atoms with Crippen molar-refractivity contribution in [1.29, 1.82) is 0 Å². The molecule has 0 spiro atoms. The summed E-state index contributed by atoms with van der Waals surface area (Å²) < 4.78 is 4.11. The highest BCUT2D eigenvalue weighted by Crippen LogP contribution is 2.42. The Morgan fingerprint density at radius 1 is 1.07 bits per heavy atom. The van der Waals surface area contributed by atoms with Gasteiger partial charge in [-0.25, -0.2) is 9.97 Å². The summed E-state index contributed by atoms with van der Waals surface area (Å²) in [4.78, 5) is 17.0. The zero-order valence-corrected chi connectivity index (χ0v) is 17.2. The highest BCUT2D eigenvalue weighted by molar-refractivity contribution is 5.62. The predicted octanol–water partition coefficient (Wildman–Crippen LogP) is 3.89. The first-order valence-corrected chi connectivity index (χ1v) is 11.1. The van der Waals surface area contributed by atoms with Crippen LogP contribution in [-0.2, 0) is 0 Å². The first-order chi connectivity index (χ1) is 14.8. The molecule has 2 atom stereocenters. The Labute approximate surface area is 175 Å². The maximum absolute atomic E-state index is 5.13. The van der Waals surface area contributed by atoms with Gasteiger partial charge in [-0.1, -0.05) is 31.9 Å². The SMILES string of the molecule is CC[C@@H]1c2nncn2-c2cnc(-n3ccnc3C3C=CCC3)nc2N1C1CCCC1. The first-order valence-electron chi connectivity index (χ1n) is 11.1. The van der Waals surface area contributed by atoms with Gasteiger partial charge >= 0.3 is 0 Å². The molecule has 0 radical (unpaired) electrons. The standard InChI is InChI=1S/C22H26N8/c1-2-17-21-27-25-14-29(21)18-13-24-22(26-20(18)30(17)16-9-5-6-10-16)28-12-11-23-19(28)15-7-3-4-8-15/h3,7,11-17H,2,4-6,8-10H2,1H3/t15?,17-/m1/s1. The fraction of sp³-hybridized carbons (Fsp3) is 0.500. The molecule has 8 nitrogen and oxygen atoms in total. The molecule has 1 aliphatic heterocycles. The van der Waals surface area contributed by atoms with Gasteiger partial charge in [0.2, 0.25) is 5.95 Å². The van der Waals surface area contributed by atoms with Gasteiger partial charge in [-0.2, -0.15) is 4.98 Å². The van der Waals surface area contributed by atoms with Crippen LogP contribution in [0.5, 0.6) is 0 Å². The predicted molar refractivity (Wildman–Crippen MR) is 113 cm³/mol. The van der Waals surface area contributed by atoms with E-state index in [-0.39, 0.29) is 6.04 Å². The summed E-state index contributed by atoms with van der Waals surface area (Å²) in [6.07, 6.45) is 20.1. The zero-order valence-electron chi connectivity index (χ0n) is 17.2. The van der Waals surface area contributed by atoms with Crippen LogP contribution >= 0.6 is 0 Å². The Balaban J connectivity index is 1.50. The summed E-state index contributed by atoms with van der Waals surface area (Å²) in [6, 6.07) is 0.674. The van der Waals surface area contributed by atoms with Crippen LogP contribution in [-0.4, -0.2) is 40.3 Å². The quantitative estimate of drug-likeness (QED) is 0.616. The van der Waals surface area contributed by atoms with Crippen LogP contribution in [0.2, 0.25) is 0 Å². The van der Waals surface area contributed by atoms with E-state index in [1.807, 2.05) is 18.6 Å². The average molecular weight is 403 g/mol. The summed E-state index contributed by atoms with van der Waals surface area (Å²) >= 11 is 0. The Bertz CT molecular complexity index is 1090. The third-order valence-electron chi connectivity index (χ3n) is 6.78. The lowest BCUT2D eigenvalue weighted by atomic mass is 10.0. The van der Waals surface area contributed by atoms with Crippen molar-refractivity contribution in [3.05, 3.63) is 48.7 Å². The Morgan fingerprint density at radius 3 is 2.77 bits per heavy atom. The Hall–Kier alpha value is -3.03. The van der Waals surface area contributed by atoms with Crippen molar-refractivity contribution in [2.24, 2.45) is 0 Å². The van der Waals surface area contributed by atoms with Crippen LogP contribution in [0.4, 0.5) is 5.82 Å². The van der Waals surface area contributed by atoms with Crippen molar-refractivity contribution in [2.75, 3.05) is 4.90 Å². The minimum absolute atomic E-state index is 0.186. The van der Waals surface area contributed by atoms with Crippen LogP contribution in [0.15, 0.2) is 37.1 Å². The summed E-state index contributed by atoms with van der Waals surface area (Å²) in [5.74, 6) is 4.03. The maximum atomic E-state index is 5.13. The van der Waals surface area contributed by atoms with Gasteiger partial charge in [0.05, 0.1) is 12.2 Å². The summed E-state index contributed by atoms with van der Waals surface area (Å²) in [7, 11) is 0. The lowest BCUT2D eigenvalue weighted by Gasteiger charge is -2.40. The monoisotopic (exact) mass is 402 g/mol. The van der Waals surface area contributed by atoms with Crippen LogP contribution < -0.4 is 4.90 Å². The molecule has 154 valence electrons. The third kappa shape index (κ3) is 2.62. The van der Waals surface area contributed by atoms with Gasteiger partial charge in [-0.15, -0.1) is 10.2 Å². The summed E-state index contributed by atoms with van der Waals surface area (Å²) in [5.41, 5.74) is 0.970. The van der Waals surface area contributed by atoms with Crippen molar-refractivity contribution >= 4 is 5.82 Å². The number of allylic oxidation sites excluding steroid dienone is 2. The van der Waals surface area contributed by atoms with Gasteiger partial charge in [-0.05, 0) is 32.1 Å². The number of aromatic nitrogens is 7. The molecular weight excluding hydrogens is 376 g/mol. The highest BCUT2D eigenvalue weighted by atomic mass is 15.4. The summed E-state index contributed by atoms with van der Waals surface area (Å²) in [6.45, 7) is 2.22. The van der Waals surface area contributed by atoms with E-state index in [9.17, 15) is 0 Å². The van der Waals surface area contributed by atoms with Gasteiger partial charge in [0.25, 0.3) is 0 Å². The fourth-order valence-electron chi connectivity index (χ4n) is 5.36. The van der Waals surface area contributed by atoms with E-state index in [1.54, 1.807) is 6.33 Å². The molecule has 30 heavy (non-hydrogen) atoms. The molecule has 0 aromatic carbocycles. The fourth-order valence-corrected chi connectivity index (χ4v) is 5.36. The largest absolute Gasteiger partial charge is 0.341 e. The minimum atomic E-state index is 0.186. The normalized spacial score (nSPS) is 23.2. The van der Waals surface area contributed by atoms with E-state index in [2.05, 4.69) is 48.3 Å². The summed E-state index contributed by atoms with van der Waals surface area (Å²) in [5, 5.41) is 8.67. The lowest BCUT2D eigenvalue weighted by Crippen LogP contribution is -2.42. The molecule has 8 heteroatoms. The van der Waals surface area contributed by atoms with Crippen LogP contribution in [0.3, 0.4) is 0 Å². The van der Waals surface area contributed by atoms with Crippen molar-refractivity contribution in [1.82, 2.24) is 34.3 Å². The minimum Gasteiger partial charge on any atom is -0.341 e. The number of hydrogen-bond acceptors (Lipinski definition) is 6. The number of rotatable bonds is 4. The second-order valence-corrected chi connectivity index (χ2v) is 8.48. The molecule has 1 saturated carbocycles. The van der Waals surface area contributed by atoms with Crippen molar-refractivity contribution in [3.8, 4) is 11.6 Å². The van der Waals surface area contributed by atoms with Crippen molar-refractivity contribution < 1.29 is 0 Å². The molecule has 1 fully saturated rings. The van der Waals surface area contributed by atoms with E-state index in [1.165, 1.54) is 25.7 Å². The maximum Gasteiger partial charge on any atom is 0.237 e. The number of hydrogen-bond donors (Lipinski definition) is 0. The highest BCUT2D eigenvalue weighted by Gasteiger charge is 2.38. The van der Waals surface area contributed by atoms with Gasteiger partial charge in [0.1, 0.15) is 17.8 Å². The van der Waals surface area contributed by atoms with E-state index in [4.69, 9.17) is 9.97 Å². The van der Waals surface area contributed by atoms with Gasteiger partial charge in [-0.3, -0.25) is 9.13 Å². The zero-order chi connectivity index (χ0) is 20.1. The number of nitrogens with zero attached hydrogens (tertiary/aromatic N) is 8. The second-order valence-electron chi connectivity index (χ2n) is 8.48. The van der Waals surface area contributed by atoms with E-state index in [0.717, 1.165) is 42.4 Å². The van der Waals surface area contributed by atoms with Crippen molar-refractivity contribution in [3.63, 3.8) is 0 Å². The van der Waals surface area contributed by atoms with E-state index < -0.39 is 0 Å². The number of fused-ring (bicyclic) bond motifs is 3. The molecule has 1 unspecified atom stereocenters. The molecular formula is C22H26N8. The molecule has 3 aromatic rings. The first kappa shape index (κ1) is 17.8. The van der Waals surface area contributed by atoms with Gasteiger partial charge in [0, 0.05) is 24.4 Å². The van der Waals surface area contributed by atoms with Gasteiger partial charge in [0.15, 0.2) is 11.6 Å². The van der Waals surface area contributed by atoms with E-state index >= 15 is 0 Å². The van der Waals surface area contributed by atoms with Crippen LogP contribution in [0.25, 0.3) is 11.6 Å². The smallest absolute Gasteiger partial charge is 0.237 e. The Kier molecular flexibility index (Phi) is 4.17. The topological polar surface area (TPSA) is 77.5 Å². The molecule has 3 aliphatic rings. The molecule has 2 aliphatic carbocycles.